The lowest BCUT2D eigenvalue weighted by molar-refractivity contribution is -0.384. The molecule has 1 aliphatic heterocycles. The molecule has 34 heavy (non-hydrogen) atoms. The van der Waals surface area contributed by atoms with Crippen molar-refractivity contribution in [3.8, 4) is 5.75 Å². The van der Waals surface area contributed by atoms with Crippen molar-refractivity contribution in [2.45, 2.75) is 0 Å². The first-order valence-corrected chi connectivity index (χ1v) is 11.3. The van der Waals surface area contributed by atoms with Crippen molar-refractivity contribution in [1.82, 2.24) is 0 Å². The fourth-order valence-corrected chi connectivity index (χ4v) is 4.18. The van der Waals surface area contributed by atoms with Crippen molar-refractivity contribution in [3.05, 3.63) is 74.5 Å². The van der Waals surface area contributed by atoms with E-state index >= 15 is 0 Å². The minimum atomic E-state index is -0.534. The van der Waals surface area contributed by atoms with Crippen LogP contribution in [0.1, 0.15) is 20.0 Å². The predicted molar refractivity (Wildman–Crippen MR) is 129 cm³/mol. The van der Waals surface area contributed by atoms with Crippen LogP contribution in [0.3, 0.4) is 0 Å². The molecule has 0 unspecified atom stereocenters. The number of amides is 2. The fraction of sp³-hybridized carbons (Fsp3) is 0.217. The highest BCUT2D eigenvalue weighted by Gasteiger charge is 2.22. The average Bonchev–Trinajstić information content (AvgIpc) is 3.40. The lowest BCUT2D eigenvalue weighted by atomic mass is 10.1. The van der Waals surface area contributed by atoms with E-state index < -0.39 is 10.8 Å². The van der Waals surface area contributed by atoms with E-state index in [1.807, 2.05) is 10.3 Å². The number of non-ortho nitro benzene ring substituents is 1. The molecule has 1 saturated heterocycles. The number of methoxy groups -OCH3 is 1. The summed E-state index contributed by atoms with van der Waals surface area (Å²) < 4.78 is 10.8. The SMILES string of the molecule is COc1cc(NC(=O)c2cc([N+](=O)[O-])ccc2N2CCOCC2)ccc1NC(=O)c1cccs1. The standard InChI is InChI=1S/C23H22N4O6S/c1-32-20-13-15(4-6-18(20)25-23(29)21-3-2-12-34-21)24-22(28)17-14-16(27(30)31)5-7-19(17)26-8-10-33-11-9-26/h2-7,12-14H,8-11H2,1H3,(H,24,28)(H,25,29). The zero-order valence-electron chi connectivity index (χ0n) is 18.3. The number of nitro benzene ring substituents is 1. The number of hydrogen-bond donors (Lipinski definition) is 2. The molecule has 2 amide bonds. The highest BCUT2D eigenvalue weighted by molar-refractivity contribution is 7.12. The molecule has 3 aromatic rings. The highest BCUT2D eigenvalue weighted by Crippen LogP contribution is 2.31. The molecular formula is C23H22N4O6S. The Morgan fingerprint density at radius 3 is 2.56 bits per heavy atom. The van der Waals surface area contributed by atoms with Gasteiger partial charge >= 0.3 is 0 Å². The molecule has 0 atom stereocenters. The molecule has 2 N–H and O–H groups in total. The van der Waals surface area contributed by atoms with Gasteiger partial charge in [0.05, 0.1) is 47.1 Å². The van der Waals surface area contributed by atoms with Crippen molar-refractivity contribution in [1.29, 1.82) is 0 Å². The van der Waals surface area contributed by atoms with Crippen LogP contribution in [0.25, 0.3) is 0 Å². The molecular weight excluding hydrogens is 460 g/mol. The molecule has 1 aromatic heterocycles. The van der Waals surface area contributed by atoms with Gasteiger partial charge in [-0.1, -0.05) is 6.07 Å². The molecule has 11 heteroatoms. The maximum absolute atomic E-state index is 13.2. The maximum Gasteiger partial charge on any atom is 0.270 e. The molecule has 1 aliphatic rings. The molecule has 0 spiro atoms. The van der Waals surface area contributed by atoms with E-state index in [-0.39, 0.29) is 17.2 Å². The fourth-order valence-electron chi connectivity index (χ4n) is 3.56. The first kappa shape index (κ1) is 23.2. The number of rotatable bonds is 7. The average molecular weight is 483 g/mol. The van der Waals surface area contributed by atoms with Crippen molar-refractivity contribution in [2.24, 2.45) is 0 Å². The third kappa shape index (κ3) is 5.16. The number of carbonyl (C=O) groups excluding carboxylic acids is 2. The Hall–Kier alpha value is -3.96. The second kappa shape index (κ2) is 10.3. The number of benzene rings is 2. The van der Waals surface area contributed by atoms with E-state index in [9.17, 15) is 19.7 Å². The van der Waals surface area contributed by atoms with Crippen LogP contribution in [0, 0.1) is 10.1 Å². The van der Waals surface area contributed by atoms with Crippen LogP contribution in [0.15, 0.2) is 53.9 Å². The van der Waals surface area contributed by atoms with Gasteiger partial charge in [-0.15, -0.1) is 11.3 Å². The summed E-state index contributed by atoms with van der Waals surface area (Å²) in [5.41, 5.74) is 1.47. The number of carbonyl (C=O) groups is 2. The topological polar surface area (TPSA) is 123 Å². The van der Waals surface area contributed by atoms with Crippen LogP contribution >= 0.6 is 11.3 Å². The zero-order chi connectivity index (χ0) is 24.1. The second-order valence-corrected chi connectivity index (χ2v) is 8.31. The number of nitro groups is 1. The largest absolute Gasteiger partial charge is 0.494 e. The molecule has 2 aromatic carbocycles. The smallest absolute Gasteiger partial charge is 0.270 e. The summed E-state index contributed by atoms with van der Waals surface area (Å²) in [6.45, 7) is 2.16. The molecule has 1 fully saturated rings. The Morgan fingerprint density at radius 1 is 1.09 bits per heavy atom. The molecule has 0 radical (unpaired) electrons. The monoisotopic (exact) mass is 482 g/mol. The Balaban J connectivity index is 1.57. The number of anilines is 3. The molecule has 4 rings (SSSR count). The summed E-state index contributed by atoms with van der Waals surface area (Å²) in [6, 6.07) is 12.6. The molecule has 176 valence electrons. The van der Waals surface area contributed by atoms with E-state index in [4.69, 9.17) is 9.47 Å². The first-order chi connectivity index (χ1) is 16.5. The normalized spacial score (nSPS) is 13.3. The number of hydrogen-bond acceptors (Lipinski definition) is 8. The summed E-state index contributed by atoms with van der Waals surface area (Å²) in [5, 5.41) is 18.7. The second-order valence-electron chi connectivity index (χ2n) is 7.36. The number of thiophene rings is 1. The maximum atomic E-state index is 13.2. The van der Waals surface area contributed by atoms with Crippen molar-refractivity contribution in [3.63, 3.8) is 0 Å². The van der Waals surface area contributed by atoms with Gasteiger partial charge in [-0.25, -0.2) is 0 Å². The van der Waals surface area contributed by atoms with Crippen LogP contribution in [0.4, 0.5) is 22.7 Å². The van der Waals surface area contributed by atoms with E-state index in [2.05, 4.69) is 10.6 Å². The Morgan fingerprint density at radius 2 is 1.88 bits per heavy atom. The minimum absolute atomic E-state index is 0.175. The van der Waals surface area contributed by atoms with Gasteiger partial charge in [-0.05, 0) is 29.6 Å². The highest BCUT2D eigenvalue weighted by atomic mass is 32.1. The van der Waals surface area contributed by atoms with Crippen molar-refractivity contribution in [2.75, 3.05) is 48.9 Å². The quantitative estimate of drug-likeness (QED) is 0.385. The molecule has 10 nitrogen and oxygen atoms in total. The molecule has 0 aliphatic carbocycles. The lowest BCUT2D eigenvalue weighted by Crippen LogP contribution is -2.37. The van der Waals surface area contributed by atoms with Gasteiger partial charge in [0.1, 0.15) is 5.75 Å². The number of nitrogens with one attached hydrogen (secondary N) is 2. The van der Waals surface area contributed by atoms with Gasteiger partial charge in [0.2, 0.25) is 0 Å². The van der Waals surface area contributed by atoms with Crippen LogP contribution in [0.2, 0.25) is 0 Å². The summed E-state index contributed by atoms with van der Waals surface area (Å²) >= 11 is 1.32. The molecule has 2 heterocycles. The number of nitrogens with zero attached hydrogens (tertiary/aromatic N) is 2. The van der Waals surface area contributed by atoms with E-state index in [1.165, 1.54) is 30.6 Å². The van der Waals surface area contributed by atoms with Crippen molar-refractivity contribution < 1.29 is 24.0 Å². The van der Waals surface area contributed by atoms with E-state index in [0.717, 1.165) is 0 Å². The van der Waals surface area contributed by atoms with Crippen LogP contribution in [-0.4, -0.2) is 50.2 Å². The minimum Gasteiger partial charge on any atom is -0.494 e. The summed E-state index contributed by atoms with van der Waals surface area (Å²) in [4.78, 5) is 38.8. The van der Waals surface area contributed by atoms with Gasteiger partial charge in [-0.3, -0.25) is 19.7 Å². The summed E-state index contributed by atoms with van der Waals surface area (Å²) in [5.74, 6) is -0.408. The summed E-state index contributed by atoms with van der Waals surface area (Å²) in [6.07, 6.45) is 0. The molecule has 0 saturated carbocycles. The third-order valence-corrected chi connectivity index (χ3v) is 6.11. The van der Waals surface area contributed by atoms with Crippen LogP contribution in [0.5, 0.6) is 5.75 Å². The zero-order valence-corrected chi connectivity index (χ0v) is 19.1. The third-order valence-electron chi connectivity index (χ3n) is 5.24. The Kier molecular flexibility index (Phi) is 7.04. The van der Waals surface area contributed by atoms with E-state index in [1.54, 1.807) is 36.4 Å². The van der Waals surface area contributed by atoms with E-state index in [0.29, 0.717) is 54.0 Å². The number of morpholine rings is 1. The van der Waals surface area contributed by atoms with Crippen molar-refractivity contribution >= 4 is 45.9 Å². The Bertz CT molecular complexity index is 1210. The summed E-state index contributed by atoms with van der Waals surface area (Å²) in [7, 11) is 1.46. The first-order valence-electron chi connectivity index (χ1n) is 10.4. The van der Waals surface area contributed by atoms with Gasteiger partial charge in [0, 0.05) is 37.0 Å². The molecule has 0 bridgehead atoms. The van der Waals surface area contributed by atoms with Crippen LogP contribution < -0.4 is 20.3 Å². The van der Waals surface area contributed by atoms with Gasteiger partial charge in [0.25, 0.3) is 17.5 Å². The van der Waals surface area contributed by atoms with Gasteiger partial charge in [-0.2, -0.15) is 0 Å². The van der Waals surface area contributed by atoms with Gasteiger partial charge < -0.3 is 25.0 Å². The predicted octanol–water partition coefficient (Wildman–Crippen LogP) is 4.01. The number of ether oxygens (including phenoxy) is 2. The van der Waals surface area contributed by atoms with Gasteiger partial charge in [0.15, 0.2) is 0 Å². The lowest BCUT2D eigenvalue weighted by Gasteiger charge is -2.30. The van der Waals surface area contributed by atoms with Crippen LogP contribution in [-0.2, 0) is 4.74 Å². The Labute approximate surface area is 199 Å².